The van der Waals surface area contributed by atoms with E-state index in [0.717, 1.165) is 17.9 Å². The molecule has 0 heterocycles. The molecule has 0 spiro atoms. The first-order chi connectivity index (χ1) is 9.24. The molecule has 4 nitrogen and oxygen atoms in total. The summed E-state index contributed by atoms with van der Waals surface area (Å²) in [6, 6.07) is 9.24. The molecular weight excluding hydrogens is 260 g/mol. The number of thioether (sulfide) groups is 1. The van der Waals surface area contributed by atoms with Crippen LogP contribution in [0.25, 0.3) is 0 Å². The third kappa shape index (κ3) is 7.08. The molecule has 1 aromatic carbocycles. The van der Waals surface area contributed by atoms with Crippen LogP contribution in [0.2, 0.25) is 0 Å². The van der Waals surface area contributed by atoms with Gasteiger partial charge in [0, 0.05) is 6.54 Å². The molecule has 5 heteroatoms. The molecule has 0 aliphatic carbocycles. The minimum absolute atomic E-state index is 0.0752. The SMILES string of the molecule is CSCC[C@H](N)C(=O)NCCCOc1ccccc1. The van der Waals surface area contributed by atoms with Gasteiger partial charge in [-0.25, -0.2) is 0 Å². The summed E-state index contributed by atoms with van der Waals surface area (Å²) in [5.41, 5.74) is 5.75. The second-order valence-electron chi connectivity index (χ2n) is 4.19. The highest BCUT2D eigenvalue weighted by molar-refractivity contribution is 7.98. The number of benzene rings is 1. The van der Waals surface area contributed by atoms with Gasteiger partial charge < -0.3 is 15.8 Å². The van der Waals surface area contributed by atoms with Crippen LogP contribution in [0.5, 0.6) is 5.75 Å². The summed E-state index contributed by atoms with van der Waals surface area (Å²) in [5.74, 6) is 1.69. The molecule has 0 bridgehead atoms. The normalized spacial score (nSPS) is 11.9. The van der Waals surface area contributed by atoms with E-state index in [4.69, 9.17) is 10.5 Å². The lowest BCUT2D eigenvalue weighted by molar-refractivity contribution is -0.122. The Labute approximate surface area is 119 Å². The topological polar surface area (TPSA) is 64.4 Å². The number of ether oxygens (including phenoxy) is 1. The van der Waals surface area contributed by atoms with Gasteiger partial charge in [0.2, 0.25) is 5.91 Å². The first-order valence-corrected chi connectivity index (χ1v) is 7.83. The molecule has 0 saturated heterocycles. The molecule has 0 radical (unpaired) electrons. The summed E-state index contributed by atoms with van der Waals surface area (Å²) in [5, 5.41) is 2.82. The van der Waals surface area contributed by atoms with Gasteiger partial charge in [-0.05, 0) is 37.0 Å². The van der Waals surface area contributed by atoms with Crippen molar-refractivity contribution in [1.29, 1.82) is 0 Å². The quantitative estimate of drug-likeness (QED) is 0.676. The molecule has 0 aliphatic rings. The number of para-hydroxylation sites is 1. The van der Waals surface area contributed by atoms with Crippen molar-refractivity contribution in [2.75, 3.05) is 25.2 Å². The van der Waals surface area contributed by atoms with Crippen molar-refractivity contribution in [1.82, 2.24) is 5.32 Å². The number of hydrogen-bond acceptors (Lipinski definition) is 4. The van der Waals surface area contributed by atoms with Crippen LogP contribution < -0.4 is 15.8 Å². The Hall–Kier alpha value is -1.20. The summed E-state index contributed by atoms with van der Waals surface area (Å²) < 4.78 is 5.53. The van der Waals surface area contributed by atoms with Crippen LogP contribution in [0, 0.1) is 0 Å². The molecule has 3 N–H and O–H groups in total. The zero-order chi connectivity index (χ0) is 13.9. The molecular formula is C14H22N2O2S. The fourth-order valence-electron chi connectivity index (χ4n) is 1.50. The molecule has 1 amide bonds. The number of nitrogens with two attached hydrogens (primary N) is 1. The van der Waals surface area contributed by atoms with E-state index in [1.54, 1.807) is 11.8 Å². The van der Waals surface area contributed by atoms with Gasteiger partial charge in [-0.15, -0.1) is 0 Å². The van der Waals surface area contributed by atoms with Crippen LogP contribution in [0.3, 0.4) is 0 Å². The van der Waals surface area contributed by atoms with E-state index >= 15 is 0 Å². The number of nitrogens with one attached hydrogen (secondary N) is 1. The Balaban J connectivity index is 2.05. The molecule has 1 atom stereocenters. The van der Waals surface area contributed by atoms with Crippen molar-refractivity contribution in [3.63, 3.8) is 0 Å². The van der Waals surface area contributed by atoms with Crippen LogP contribution in [0.1, 0.15) is 12.8 Å². The molecule has 19 heavy (non-hydrogen) atoms. The first kappa shape index (κ1) is 15.9. The summed E-state index contributed by atoms with van der Waals surface area (Å²) in [4.78, 5) is 11.6. The average Bonchev–Trinajstić information content (AvgIpc) is 2.45. The lowest BCUT2D eigenvalue weighted by atomic mass is 10.2. The largest absolute Gasteiger partial charge is 0.494 e. The molecule has 1 aromatic rings. The zero-order valence-corrected chi connectivity index (χ0v) is 12.1. The maximum atomic E-state index is 11.6. The Bertz CT molecular complexity index is 360. The molecule has 106 valence electrons. The van der Waals surface area contributed by atoms with E-state index in [0.29, 0.717) is 19.6 Å². The third-order valence-electron chi connectivity index (χ3n) is 2.60. The maximum absolute atomic E-state index is 11.6. The highest BCUT2D eigenvalue weighted by atomic mass is 32.2. The van der Waals surface area contributed by atoms with E-state index in [2.05, 4.69) is 5.32 Å². The van der Waals surface area contributed by atoms with Gasteiger partial charge in [-0.1, -0.05) is 18.2 Å². The minimum Gasteiger partial charge on any atom is -0.494 e. The van der Waals surface area contributed by atoms with Gasteiger partial charge in [0.05, 0.1) is 12.6 Å². The van der Waals surface area contributed by atoms with Crippen molar-refractivity contribution in [3.05, 3.63) is 30.3 Å². The lowest BCUT2D eigenvalue weighted by Gasteiger charge is -2.11. The number of carbonyl (C=O) groups is 1. The Morgan fingerprint density at radius 3 is 2.84 bits per heavy atom. The summed E-state index contributed by atoms with van der Waals surface area (Å²) >= 11 is 1.70. The number of amides is 1. The van der Waals surface area contributed by atoms with Crippen LogP contribution in [0.15, 0.2) is 30.3 Å². The molecule has 0 aromatic heterocycles. The second-order valence-corrected chi connectivity index (χ2v) is 5.18. The van der Waals surface area contributed by atoms with E-state index in [9.17, 15) is 4.79 Å². The van der Waals surface area contributed by atoms with Gasteiger partial charge in [0.25, 0.3) is 0 Å². The first-order valence-electron chi connectivity index (χ1n) is 6.44. The Kier molecular flexibility index (Phi) is 8.09. The summed E-state index contributed by atoms with van der Waals surface area (Å²) in [6.45, 7) is 1.18. The Morgan fingerprint density at radius 1 is 1.42 bits per heavy atom. The molecule has 1 rings (SSSR count). The minimum atomic E-state index is -0.400. The van der Waals surface area contributed by atoms with Crippen molar-refractivity contribution in [2.45, 2.75) is 18.9 Å². The molecule has 0 fully saturated rings. The van der Waals surface area contributed by atoms with Crippen molar-refractivity contribution in [3.8, 4) is 5.75 Å². The molecule has 0 aliphatic heterocycles. The summed E-state index contributed by atoms with van der Waals surface area (Å²) in [6.07, 6.45) is 3.49. The number of hydrogen-bond donors (Lipinski definition) is 2. The Morgan fingerprint density at radius 2 is 2.16 bits per heavy atom. The van der Waals surface area contributed by atoms with Crippen molar-refractivity contribution in [2.24, 2.45) is 5.73 Å². The summed E-state index contributed by atoms with van der Waals surface area (Å²) in [7, 11) is 0. The van der Waals surface area contributed by atoms with Crippen LogP contribution >= 0.6 is 11.8 Å². The van der Waals surface area contributed by atoms with E-state index in [1.807, 2.05) is 36.6 Å². The smallest absolute Gasteiger partial charge is 0.236 e. The van der Waals surface area contributed by atoms with Gasteiger partial charge in [-0.2, -0.15) is 11.8 Å². The van der Waals surface area contributed by atoms with Gasteiger partial charge >= 0.3 is 0 Å². The zero-order valence-electron chi connectivity index (χ0n) is 11.3. The predicted octanol–water partition coefficient (Wildman–Crippen LogP) is 1.65. The predicted molar refractivity (Wildman–Crippen MR) is 80.5 cm³/mol. The maximum Gasteiger partial charge on any atom is 0.236 e. The highest BCUT2D eigenvalue weighted by Crippen LogP contribution is 2.08. The number of carbonyl (C=O) groups excluding carboxylic acids is 1. The van der Waals surface area contributed by atoms with E-state index < -0.39 is 6.04 Å². The highest BCUT2D eigenvalue weighted by Gasteiger charge is 2.11. The van der Waals surface area contributed by atoms with E-state index in [1.165, 1.54) is 0 Å². The second kappa shape index (κ2) is 9.69. The molecule has 0 unspecified atom stereocenters. The van der Waals surface area contributed by atoms with Gasteiger partial charge in [-0.3, -0.25) is 4.79 Å². The average molecular weight is 282 g/mol. The monoisotopic (exact) mass is 282 g/mol. The lowest BCUT2D eigenvalue weighted by Crippen LogP contribution is -2.41. The van der Waals surface area contributed by atoms with E-state index in [-0.39, 0.29) is 5.91 Å². The van der Waals surface area contributed by atoms with Gasteiger partial charge in [0.1, 0.15) is 5.75 Å². The van der Waals surface area contributed by atoms with Gasteiger partial charge in [0.15, 0.2) is 0 Å². The van der Waals surface area contributed by atoms with Crippen molar-refractivity contribution < 1.29 is 9.53 Å². The number of rotatable bonds is 9. The van der Waals surface area contributed by atoms with Crippen LogP contribution in [0.4, 0.5) is 0 Å². The molecule has 0 saturated carbocycles. The van der Waals surface area contributed by atoms with Crippen molar-refractivity contribution >= 4 is 17.7 Å². The fourth-order valence-corrected chi connectivity index (χ4v) is 1.99. The standard InChI is InChI=1S/C14H22N2O2S/c1-19-11-8-13(15)14(17)16-9-5-10-18-12-6-3-2-4-7-12/h2-4,6-7,13H,5,8-11,15H2,1H3,(H,16,17)/t13-/m0/s1. The van der Waals surface area contributed by atoms with Crippen LogP contribution in [-0.2, 0) is 4.79 Å². The van der Waals surface area contributed by atoms with Crippen LogP contribution in [-0.4, -0.2) is 37.1 Å². The fraction of sp³-hybridized carbons (Fsp3) is 0.500. The third-order valence-corrected chi connectivity index (χ3v) is 3.25.